The smallest absolute Gasteiger partial charge is 0.0196 e. The number of allylic oxidation sites excluding steroid dienone is 4. The molecule has 0 bridgehead atoms. The van der Waals surface area contributed by atoms with Crippen molar-refractivity contribution in [1.82, 2.24) is 0 Å². The topological polar surface area (TPSA) is 0 Å². The molecule has 0 unspecified atom stereocenters. The molecule has 43 valence electrons. The lowest BCUT2D eigenvalue weighted by Crippen LogP contribution is -1.88. The summed E-state index contributed by atoms with van der Waals surface area (Å²) < 4.78 is 0. The minimum atomic E-state index is 1.11. The average Bonchev–Trinajstić information content (AvgIpc) is 1.63. The maximum atomic E-state index is 3.20. The highest BCUT2D eigenvalue weighted by Gasteiger charge is 1.99. The predicted molar refractivity (Wildman–Crippen MR) is 35.4 cm³/mol. The Morgan fingerprint density at radius 2 is 2.62 bits per heavy atom. The van der Waals surface area contributed by atoms with Gasteiger partial charge in [0.15, 0.2) is 0 Å². The summed E-state index contributed by atoms with van der Waals surface area (Å²) in [5.41, 5.74) is 1.40. The Kier molecular flexibility index (Phi) is 1.90. The average molecular weight is 107 g/mol. The molecule has 0 fully saturated rings. The first kappa shape index (κ1) is 5.61. The lowest BCUT2D eigenvalue weighted by Gasteiger charge is -2.07. The molecule has 0 aromatic rings. The molecule has 1 rings (SSSR count). The van der Waals surface area contributed by atoms with E-state index in [1.165, 1.54) is 18.4 Å². The summed E-state index contributed by atoms with van der Waals surface area (Å²) in [6.45, 7) is 2.13. The molecule has 0 heterocycles. The Morgan fingerprint density at radius 1 is 1.88 bits per heavy atom. The standard InChI is InChI=1S/C8H11/c1-2-3-5-8-6-4-7-8/h3,6H,2,4,7H2,1H3. The van der Waals surface area contributed by atoms with Gasteiger partial charge in [0.25, 0.3) is 0 Å². The van der Waals surface area contributed by atoms with Crippen LogP contribution in [0.3, 0.4) is 0 Å². The van der Waals surface area contributed by atoms with Crippen molar-refractivity contribution in [2.24, 2.45) is 0 Å². The Balaban J connectivity index is 2.28. The zero-order valence-corrected chi connectivity index (χ0v) is 5.28. The van der Waals surface area contributed by atoms with E-state index in [0.717, 1.165) is 6.42 Å². The fraction of sp³-hybridized carbons (Fsp3) is 0.500. The maximum Gasteiger partial charge on any atom is -0.0196 e. The van der Waals surface area contributed by atoms with Crippen LogP contribution in [-0.4, -0.2) is 0 Å². The van der Waals surface area contributed by atoms with Crippen molar-refractivity contribution in [1.29, 1.82) is 0 Å². The second-order valence-corrected chi connectivity index (χ2v) is 2.02. The van der Waals surface area contributed by atoms with Gasteiger partial charge in [0, 0.05) is 0 Å². The molecule has 0 nitrogen and oxygen atoms in total. The highest BCUT2D eigenvalue weighted by atomic mass is 14.0. The molecular weight excluding hydrogens is 96.1 g/mol. The highest BCUT2D eigenvalue weighted by molar-refractivity contribution is 5.20. The summed E-state index contributed by atoms with van der Waals surface area (Å²) in [5.74, 6) is 0. The van der Waals surface area contributed by atoms with Crippen molar-refractivity contribution < 1.29 is 0 Å². The summed E-state index contributed by atoms with van der Waals surface area (Å²) >= 11 is 0. The first-order valence-electron chi connectivity index (χ1n) is 3.20. The molecule has 0 saturated carbocycles. The SMILES string of the molecule is CC/C=[C]\C1=CCC1. The van der Waals surface area contributed by atoms with Crippen LogP contribution in [0.25, 0.3) is 0 Å². The highest BCUT2D eigenvalue weighted by Crippen LogP contribution is 2.17. The van der Waals surface area contributed by atoms with Crippen molar-refractivity contribution in [3.05, 3.63) is 23.8 Å². The lowest BCUT2D eigenvalue weighted by molar-refractivity contribution is 0.896. The van der Waals surface area contributed by atoms with Crippen LogP contribution in [0.4, 0.5) is 0 Å². The lowest BCUT2D eigenvalue weighted by atomic mass is 9.99. The van der Waals surface area contributed by atoms with Crippen LogP contribution in [0.2, 0.25) is 0 Å². The molecule has 1 aliphatic rings. The van der Waals surface area contributed by atoms with E-state index in [1.807, 2.05) is 0 Å². The maximum absolute atomic E-state index is 3.20. The van der Waals surface area contributed by atoms with Gasteiger partial charge >= 0.3 is 0 Å². The Hall–Kier alpha value is -0.520. The Labute approximate surface area is 50.9 Å². The van der Waals surface area contributed by atoms with Gasteiger partial charge in [-0.15, -0.1) is 0 Å². The normalized spacial score (nSPS) is 18.4. The zero-order valence-electron chi connectivity index (χ0n) is 5.28. The van der Waals surface area contributed by atoms with Gasteiger partial charge in [0.2, 0.25) is 0 Å². The molecule has 0 spiro atoms. The van der Waals surface area contributed by atoms with E-state index in [2.05, 4.69) is 25.2 Å². The summed E-state index contributed by atoms with van der Waals surface area (Å²) in [4.78, 5) is 0. The third kappa shape index (κ3) is 1.22. The van der Waals surface area contributed by atoms with Crippen molar-refractivity contribution in [3.63, 3.8) is 0 Å². The van der Waals surface area contributed by atoms with Crippen LogP contribution < -0.4 is 0 Å². The second kappa shape index (κ2) is 2.71. The van der Waals surface area contributed by atoms with E-state index < -0.39 is 0 Å². The molecule has 0 heteroatoms. The fourth-order valence-electron chi connectivity index (χ4n) is 0.653. The molecule has 0 aromatic carbocycles. The van der Waals surface area contributed by atoms with Crippen LogP contribution in [0.1, 0.15) is 26.2 Å². The van der Waals surface area contributed by atoms with E-state index in [1.54, 1.807) is 0 Å². The summed E-state index contributed by atoms with van der Waals surface area (Å²) in [6.07, 6.45) is 11.1. The van der Waals surface area contributed by atoms with Crippen molar-refractivity contribution in [2.45, 2.75) is 26.2 Å². The zero-order chi connectivity index (χ0) is 5.82. The van der Waals surface area contributed by atoms with Crippen LogP contribution in [0, 0.1) is 6.08 Å². The van der Waals surface area contributed by atoms with Crippen LogP contribution in [0.15, 0.2) is 17.7 Å². The molecule has 0 N–H and O–H groups in total. The van der Waals surface area contributed by atoms with Crippen LogP contribution >= 0.6 is 0 Å². The largest absolute Gasteiger partial charge is 0.0804 e. The van der Waals surface area contributed by atoms with E-state index in [-0.39, 0.29) is 0 Å². The third-order valence-electron chi connectivity index (χ3n) is 1.30. The van der Waals surface area contributed by atoms with Gasteiger partial charge in [-0.1, -0.05) is 19.1 Å². The molecule has 1 aliphatic carbocycles. The first-order chi connectivity index (χ1) is 3.93. The van der Waals surface area contributed by atoms with E-state index in [9.17, 15) is 0 Å². The van der Waals surface area contributed by atoms with Gasteiger partial charge in [0.1, 0.15) is 0 Å². The van der Waals surface area contributed by atoms with Gasteiger partial charge in [-0.25, -0.2) is 0 Å². The minimum absolute atomic E-state index is 1.11. The number of hydrogen-bond donors (Lipinski definition) is 0. The van der Waals surface area contributed by atoms with Gasteiger partial charge in [-0.05, 0) is 30.9 Å². The van der Waals surface area contributed by atoms with Gasteiger partial charge in [0.05, 0.1) is 0 Å². The van der Waals surface area contributed by atoms with E-state index in [4.69, 9.17) is 0 Å². The molecule has 0 aliphatic heterocycles. The van der Waals surface area contributed by atoms with Crippen LogP contribution in [-0.2, 0) is 0 Å². The van der Waals surface area contributed by atoms with E-state index >= 15 is 0 Å². The second-order valence-electron chi connectivity index (χ2n) is 2.02. The van der Waals surface area contributed by atoms with Crippen LogP contribution in [0.5, 0.6) is 0 Å². The number of hydrogen-bond acceptors (Lipinski definition) is 0. The predicted octanol–water partition coefficient (Wildman–Crippen LogP) is 2.48. The first-order valence-corrected chi connectivity index (χ1v) is 3.20. The van der Waals surface area contributed by atoms with E-state index in [0.29, 0.717) is 0 Å². The summed E-state index contributed by atoms with van der Waals surface area (Å²) in [5, 5.41) is 0. The Morgan fingerprint density at radius 3 is 3.00 bits per heavy atom. The van der Waals surface area contributed by atoms with Gasteiger partial charge in [-0.2, -0.15) is 0 Å². The van der Waals surface area contributed by atoms with Gasteiger partial charge < -0.3 is 0 Å². The molecule has 0 atom stereocenters. The fourth-order valence-corrected chi connectivity index (χ4v) is 0.653. The quantitative estimate of drug-likeness (QED) is 0.508. The van der Waals surface area contributed by atoms with Crippen molar-refractivity contribution >= 4 is 0 Å². The molecule has 0 aromatic heterocycles. The van der Waals surface area contributed by atoms with Crippen molar-refractivity contribution in [3.8, 4) is 0 Å². The summed E-state index contributed by atoms with van der Waals surface area (Å²) in [7, 11) is 0. The van der Waals surface area contributed by atoms with Gasteiger partial charge in [-0.3, -0.25) is 0 Å². The Bertz CT molecular complexity index is 118. The molecule has 1 radical (unpaired) electrons. The van der Waals surface area contributed by atoms with Crippen molar-refractivity contribution in [2.75, 3.05) is 0 Å². The molecular formula is C8H11. The summed E-state index contributed by atoms with van der Waals surface area (Å²) in [6, 6.07) is 0. The number of rotatable bonds is 2. The molecule has 8 heavy (non-hydrogen) atoms. The minimum Gasteiger partial charge on any atom is -0.0804 e. The monoisotopic (exact) mass is 107 g/mol. The molecule has 0 saturated heterocycles. The third-order valence-corrected chi connectivity index (χ3v) is 1.30. The molecule has 0 amide bonds.